The van der Waals surface area contributed by atoms with Gasteiger partial charge in [0.05, 0.1) is 25.4 Å². The van der Waals surface area contributed by atoms with E-state index >= 15 is 0 Å². The van der Waals surface area contributed by atoms with Crippen LogP contribution in [0.3, 0.4) is 0 Å². The molecule has 5 aliphatic rings. The minimum Gasteiger partial charge on any atom is -0.461 e. The van der Waals surface area contributed by atoms with Crippen molar-refractivity contribution >= 4 is 5.97 Å². The maximum Gasteiger partial charge on any atom is 0.341 e. The highest BCUT2D eigenvalue weighted by Gasteiger charge is 2.56. The van der Waals surface area contributed by atoms with Crippen molar-refractivity contribution in [1.29, 1.82) is 0 Å². The van der Waals surface area contributed by atoms with Crippen molar-refractivity contribution in [1.82, 2.24) is 0 Å². The molecule has 1 unspecified atom stereocenters. The number of hydrogen-bond acceptors (Lipinski definition) is 15. The van der Waals surface area contributed by atoms with Crippen LogP contribution >= 0.6 is 0 Å². The number of fused-ring (bicyclic) bond motifs is 5. The molecule has 0 radical (unpaired) electrons. The Morgan fingerprint density at radius 2 is 1.40 bits per heavy atom. The van der Waals surface area contributed by atoms with Gasteiger partial charge in [0.1, 0.15) is 54.6 Å². The Hall–Kier alpha value is -1.99. The molecule has 0 aromatic heterocycles. The second-order valence-electron chi connectivity index (χ2n) is 14.3. The third-order valence-corrected chi connectivity index (χ3v) is 11.2. The van der Waals surface area contributed by atoms with Gasteiger partial charge in [-0.2, -0.15) is 0 Å². The van der Waals surface area contributed by atoms with E-state index in [9.17, 15) is 50.8 Å². The van der Waals surface area contributed by atoms with Crippen LogP contribution in [-0.4, -0.2) is 127 Å². The van der Waals surface area contributed by atoms with Gasteiger partial charge in [0.15, 0.2) is 6.29 Å². The SMILES string of the molecule is CC1(C)CCC[C@]2(C)c3c(c(O[C@@H]4O[C@H](CO)[C@@H](O)[C@H](O)[C@H]4O)c(CO)c4c3[C@@H](O[C@@H]3O[C@H](CO)[C@@H](O)[C@H](O)[C@H]3O)OC4=O)CCC12. The first-order valence-electron chi connectivity index (χ1n) is 16.2. The third kappa shape index (κ3) is 5.48. The minimum atomic E-state index is -1.77. The Labute approximate surface area is 271 Å². The van der Waals surface area contributed by atoms with Crippen molar-refractivity contribution < 1.29 is 74.4 Å². The molecule has 13 atom stereocenters. The summed E-state index contributed by atoms with van der Waals surface area (Å²) in [5, 5.41) is 93.2. The lowest BCUT2D eigenvalue weighted by atomic mass is 9.49. The first kappa shape index (κ1) is 34.9. The number of rotatable bonds is 7. The molecule has 2 saturated heterocycles. The van der Waals surface area contributed by atoms with E-state index in [0.717, 1.165) is 12.8 Å². The van der Waals surface area contributed by atoms with Crippen LogP contribution < -0.4 is 4.74 Å². The maximum absolute atomic E-state index is 13.7. The predicted molar refractivity (Wildman–Crippen MR) is 157 cm³/mol. The first-order valence-corrected chi connectivity index (χ1v) is 16.2. The summed E-state index contributed by atoms with van der Waals surface area (Å²) in [4.78, 5) is 13.7. The number of ether oxygens (including phenoxy) is 5. The lowest BCUT2D eigenvalue weighted by molar-refractivity contribution is -0.331. The molecule has 15 heteroatoms. The average molecular weight is 671 g/mol. The van der Waals surface area contributed by atoms with E-state index in [1.165, 1.54) is 0 Å². The molecule has 0 spiro atoms. The molecule has 6 rings (SSSR count). The highest BCUT2D eigenvalue weighted by atomic mass is 16.8. The smallest absolute Gasteiger partial charge is 0.341 e. The predicted octanol–water partition coefficient (Wildman–Crippen LogP) is -1.63. The van der Waals surface area contributed by atoms with Crippen LogP contribution in [0, 0.1) is 11.3 Å². The molecule has 1 aromatic rings. The summed E-state index contributed by atoms with van der Waals surface area (Å²) in [7, 11) is 0. The number of carbonyl (C=O) groups is 1. The van der Waals surface area contributed by atoms with E-state index in [0.29, 0.717) is 30.4 Å². The van der Waals surface area contributed by atoms with Gasteiger partial charge in [-0.05, 0) is 53.6 Å². The fraction of sp³-hybridized carbons (Fsp3) is 0.781. The molecule has 47 heavy (non-hydrogen) atoms. The molecule has 0 bridgehead atoms. The molecule has 1 aromatic carbocycles. The Kier molecular flexibility index (Phi) is 9.43. The monoisotopic (exact) mass is 670 g/mol. The molecule has 3 aliphatic heterocycles. The highest BCUT2D eigenvalue weighted by molar-refractivity contribution is 5.97. The molecule has 2 aliphatic carbocycles. The van der Waals surface area contributed by atoms with Gasteiger partial charge < -0.3 is 69.6 Å². The summed E-state index contributed by atoms with van der Waals surface area (Å²) in [5.41, 5.74) is 0.769. The van der Waals surface area contributed by atoms with Gasteiger partial charge in [-0.3, -0.25) is 0 Å². The van der Waals surface area contributed by atoms with Crippen LogP contribution in [0.2, 0.25) is 0 Å². The molecule has 1 saturated carbocycles. The molecule has 9 N–H and O–H groups in total. The number of hydrogen-bond donors (Lipinski definition) is 9. The number of cyclic esters (lactones) is 1. The number of benzene rings is 1. The zero-order valence-corrected chi connectivity index (χ0v) is 26.6. The molecule has 3 fully saturated rings. The molecule has 3 heterocycles. The standard InChI is InChI=1S/C32H46O15/c1-31(2)7-4-8-32(3)16(31)6-5-12-19(32)18-17(13(9-33)26(12)45-29-24(40)22(38)20(36)14(10-34)43-29)27(42)46-28(18)47-30-25(41)23(39)21(37)15(11-35)44-30/h14-16,20-25,28-30,33-41H,4-11H2,1-3H3/t14-,15-,16?,20-,21-,22+,23+,24-,25-,28-,29+,30+,32+/m1/s1. The van der Waals surface area contributed by atoms with Gasteiger partial charge in [0, 0.05) is 11.1 Å². The van der Waals surface area contributed by atoms with E-state index in [1.54, 1.807) is 0 Å². The summed E-state index contributed by atoms with van der Waals surface area (Å²) in [6.45, 7) is 4.37. The zero-order valence-electron chi connectivity index (χ0n) is 26.6. The number of aliphatic hydroxyl groups excluding tert-OH is 9. The van der Waals surface area contributed by atoms with E-state index in [1.807, 2.05) is 0 Å². The lowest BCUT2D eigenvalue weighted by Crippen LogP contribution is -2.60. The maximum atomic E-state index is 13.7. The van der Waals surface area contributed by atoms with Gasteiger partial charge in [-0.1, -0.05) is 27.2 Å². The van der Waals surface area contributed by atoms with E-state index in [-0.39, 0.29) is 33.8 Å². The van der Waals surface area contributed by atoms with Gasteiger partial charge in [-0.15, -0.1) is 0 Å². The second kappa shape index (κ2) is 12.7. The van der Waals surface area contributed by atoms with Crippen molar-refractivity contribution in [2.24, 2.45) is 11.3 Å². The van der Waals surface area contributed by atoms with Crippen molar-refractivity contribution in [3.05, 3.63) is 27.8 Å². The normalized spacial score (nSPS) is 42.7. The summed E-state index contributed by atoms with van der Waals surface area (Å²) in [6.07, 6.45) is -13.8. The van der Waals surface area contributed by atoms with Crippen molar-refractivity contribution in [3.8, 4) is 5.75 Å². The third-order valence-electron chi connectivity index (χ3n) is 11.2. The van der Waals surface area contributed by atoms with Crippen LogP contribution in [0.4, 0.5) is 0 Å². The molecule has 15 nitrogen and oxygen atoms in total. The Bertz CT molecular complexity index is 1350. The van der Waals surface area contributed by atoms with Gasteiger partial charge in [-0.25, -0.2) is 4.79 Å². The Morgan fingerprint density at radius 1 is 0.809 bits per heavy atom. The van der Waals surface area contributed by atoms with E-state index < -0.39 is 98.9 Å². The van der Waals surface area contributed by atoms with Crippen LogP contribution in [0.25, 0.3) is 0 Å². The summed E-state index contributed by atoms with van der Waals surface area (Å²) in [5.74, 6) is -0.732. The minimum absolute atomic E-state index is 0.00210. The number of aliphatic hydroxyl groups is 9. The van der Waals surface area contributed by atoms with Crippen LogP contribution in [0.1, 0.15) is 85.4 Å². The average Bonchev–Trinajstić information content (AvgIpc) is 3.35. The van der Waals surface area contributed by atoms with Gasteiger partial charge in [0.25, 0.3) is 0 Å². The molecule has 0 amide bonds. The largest absolute Gasteiger partial charge is 0.461 e. The van der Waals surface area contributed by atoms with E-state index in [2.05, 4.69) is 20.8 Å². The van der Waals surface area contributed by atoms with Crippen molar-refractivity contribution in [2.45, 2.75) is 133 Å². The van der Waals surface area contributed by atoms with Gasteiger partial charge in [0.2, 0.25) is 12.6 Å². The zero-order chi connectivity index (χ0) is 34.2. The topological polar surface area (TPSA) is 245 Å². The summed E-state index contributed by atoms with van der Waals surface area (Å²) in [6, 6.07) is 0. The molecule has 264 valence electrons. The first-order chi connectivity index (χ1) is 22.2. The van der Waals surface area contributed by atoms with Crippen LogP contribution in [-0.2, 0) is 37.4 Å². The van der Waals surface area contributed by atoms with Crippen LogP contribution in [0.5, 0.6) is 5.75 Å². The Morgan fingerprint density at radius 3 is 2.00 bits per heavy atom. The lowest BCUT2D eigenvalue weighted by Gasteiger charge is -2.55. The fourth-order valence-electron chi connectivity index (χ4n) is 8.82. The quantitative estimate of drug-likeness (QED) is 0.148. The van der Waals surface area contributed by atoms with E-state index in [4.69, 9.17) is 23.7 Å². The molecular formula is C32H46O15. The van der Waals surface area contributed by atoms with Gasteiger partial charge >= 0.3 is 5.97 Å². The van der Waals surface area contributed by atoms with Crippen LogP contribution in [0.15, 0.2) is 0 Å². The molecular weight excluding hydrogens is 624 g/mol. The highest BCUT2D eigenvalue weighted by Crippen LogP contribution is 2.61. The fourth-order valence-corrected chi connectivity index (χ4v) is 8.82. The summed E-state index contributed by atoms with van der Waals surface area (Å²) >= 11 is 0. The number of esters is 1. The van der Waals surface area contributed by atoms with Crippen molar-refractivity contribution in [2.75, 3.05) is 13.2 Å². The van der Waals surface area contributed by atoms with Crippen molar-refractivity contribution in [3.63, 3.8) is 0 Å². The summed E-state index contributed by atoms with van der Waals surface area (Å²) < 4.78 is 29.2. The second-order valence-corrected chi connectivity index (χ2v) is 14.3. The number of carbonyl (C=O) groups excluding carboxylic acids is 1. The Balaban J connectivity index is 1.50.